The molecule has 6 nitrogen and oxygen atoms in total. The Kier molecular flexibility index (Phi) is 4.69. The largest absolute Gasteiger partial charge is 0.406 e. The lowest BCUT2D eigenvalue weighted by Gasteiger charge is -2.18. The van der Waals surface area contributed by atoms with Crippen LogP contribution in [0.1, 0.15) is 39.4 Å². The molecule has 0 fully saturated rings. The summed E-state index contributed by atoms with van der Waals surface area (Å²) >= 11 is 0. The Morgan fingerprint density at radius 1 is 1.50 bits per heavy atom. The zero-order valence-corrected chi connectivity index (χ0v) is 11.7. The van der Waals surface area contributed by atoms with Crippen LogP contribution in [-0.4, -0.2) is 20.5 Å². The van der Waals surface area contributed by atoms with Crippen molar-refractivity contribution in [2.75, 3.05) is 5.32 Å². The van der Waals surface area contributed by atoms with Crippen LogP contribution in [0.25, 0.3) is 0 Å². The molecule has 0 aliphatic carbocycles. The third-order valence-electron chi connectivity index (χ3n) is 3.31. The van der Waals surface area contributed by atoms with E-state index in [1.165, 1.54) is 0 Å². The van der Waals surface area contributed by atoms with Crippen LogP contribution in [0.2, 0.25) is 0 Å². The lowest BCUT2D eigenvalue weighted by atomic mass is 10.0. The van der Waals surface area contributed by atoms with E-state index in [2.05, 4.69) is 24.1 Å². The van der Waals surface area contributed by atoms with Crippen LogP contribution in [0.15, 0.2) is 0 Å². The highest BCUT2D eigenvalue weighted by Crippen LogP contribution is 2.25. The quantitative estimate of drug-likeness (QED) is 0.625. The van der Waals surface area contributed by atoms with Gasteiger partial charge in [-0.05, 0) is 29.2 Å². The first-order valence-corrected chi connectivity index (χ1v) is 6.31. The van der Waals surface area contributed by atoms with Gasteiger partial charge in [0.25, 0.3) is 0 Å². The summed E-state index contributed by atoms with van der Waals surface area (Å²) in [5.41, 5.74) is 0. The minimum absolute atomic E-state index is 0.0917. The number of nitro groups is 1. The Hall–Kier alpha value is -1.59. The monoisotopic (exact) mass is 254 g/mol. The van der Waals surface area contributed by atoms with Gasteiger partial charge in [-0.1, -0.05) is 20.3 Å². The van der Waals surface area contributed by atoms with Crippen molar-refractivity contribution >= 4 is 11.6 Å². The summed E-state index contributed by atoms with van der Waals surface area (Å²) in [6.07, 6.45) is 2.09. The first kappa shape index (κ1) is 14.5. The maximum Gasteiger partial charge on any atom is 0.406 e. The molecule has 1 rings (SSSR count). The van der Waals surface area contributed by atoms with Crippen molar-refractivity contribution in [1.82, 2.24) is 9.55 Å². The van der Waals surface area contributed by atoms with Gasteiger partial charge in [-0.2, -0.15) is 0 Å². The molecule has 6 heteroatoms. The molecule has 18 heavy (non-hydrogen) atoms. The number of hydrogen-bond donors (Lipinski definition) is 1. The molecule has 2 unspecified atom stereocenters. The van der Waals surface area contributed by atoms with Crippen LogP contribution in [0.5, 0.6) is 0 Å². The van der Waals surface area contributed by atoms with Gasteiger partial charge >= 0.3 is 5.82 Å². The number of aryl methyl sites for hydroxylation is 1. The van der Waals surface area contributed by atoms with E-state index in [0.29, 0.717) is 17.6 Å². The topological polar surface area (TPSA) is 73.0 Å². The van der Waals surface area contributed by atoms with E-state index < -0.39 is 4.92 Å². The third-order valence-corrected chi connectivity index (χ3v) is 3.31. The molecular formula is C12H22N4O2. The Labute approximate surface area is 108 Å². The lowest BCUT2D eigenvalue weighted by Crippen LogP contribution is -2.20. The molecule has 0 aliphatic rings. The Balaban J connectivity index is 2.86. The van der Waals surface area contributed by atoms with E-state index in [9.17, 15) is 10.1 Å². The average molecular weight is 254 g/mol. The minimum atomic E-state index is -0.439. The SMILES string of the molecule is CCC(C)CC(C)Nc1c([N+](=O)[O-])nc(C)n1C. The van der Waals surface area contributed by atoms with E-state index in [1.807, 2.05) is 6.92 Å². The number of hydrogen-bond acceptors (Lipinski definition) is 4. The molecule has 0 aromatic carbocycles. The first-order chi connectivity index (χ1) is 8.36. The molecule has 1 aromatic rings. The highest BCUT2D eigenvalue weighted by Gasteiger charge is 2.24. The maximum atomic E-state index is 10.9. The van der Waals surface area contributed by atoms with Gasteiger partial charge in [0.2, 0.25) is 11.6 Å². The Bertz CT molecular complexity index is 428. The molecular weight excluding hydrogens is 232 g/mol. The van der Waals surface area contributed by atoms with E-state index in [0.717, 1.165) is 12.8 Å². The summed E-state index contributed by atoms with van der Waals surface area (Å²) in [4.78, 5) is 14.5. The second-order valence-electron chi connectivity index (χ2n) is 4.94. The maximum absolute atomic E-state index is 10.9. The summed E-state index contributed by atoms with van der Waals surface area (Å²) < 4.78 is 1.73. The summed E-state index contributed by atoms with van der Waals surface area (Å²) in [5.74, 6) is 1.64. The van der Waals surface area contributed by atoms with Crippen LogP contribution in [0.3, 0.4) is 0 Å². The second kappa shape index (κ2) is 5.84. The van der Waals surface area contributed by atoms with Gasteiger partial charge in [0.1, 0.15) is 0 Å². The molecule has 0 radical (unpaired) electrons. The normalized spacial score (nSPS) is 14.3. The number of rotatable bonds is 6. The molecule has 0 amide bonds. The van der Waals surface area contributed by atoms with Gasteiger partial charge in [-0.15, -0.1) is 0 Å². The lowest BCUT2D eigenvalue weighted by molar-refractivity contribution is -0.388. The molecule has 1 N–H and O–H groups in total. The van der Waals surface area contributed by atoms with Crippen molar-refractivity contribution in [2.45, 2.75) is 46.6 Å². The molecule has 0 aliphatic heterocycles. The van der Waals surface area contributed by atoms with Gasteiger partial charge in [-0.25, -0.2) is 0 Å². The predicted octanol–water partition coefficient (Wildman–Crippen LogP) is 2.87. The summed E-state index contributed by atoms with van der Waals surface area (Å²) in [5, 5.41) is 14.1. The van der Waals surface area contributed by atoms with Crippen molar-refractivity contribution in [3.05, 3.63) is 15.9 Å². The van der Waals surface area contributed by atoms with E-state index in [-0.39, 0.29) is 11.9 Å². The van der Waals surface area contributed by atoms with E-state index >= 15 is 0 Å². The van der Waals surface area contributed by atoms with E-state index in [4.69, 9.17) is 0 Å². The van der Waals surface area contributed by atoms with Crippen molar-refractivity contribution < 1.29 is 4.92 Å². The number of anilines is 1. The van der Waals surface area contributed by atoms with Gasteiger partial charge in [0.05, 0.1) is 0 Å². The molecule has 0 spiro atoms. The molecule has 102 valence electrons. The van der Waals surface area contributed by atoms with E-state index in [1.54, 1.807) is 18.5 Å². The van der Waals surface area contributed by atoms with Crippen molar-refractivity contribution in [3.63, 3.8) is 0 Å². The van der Waals surface area contributed by atoms with Crippen LogP contribution in [0.4, 0.5) is 11.6 Å². The van der Waals surface area contributed by atoms with Gasteiger partial charge in [-0.3, -0.25) is 4.57 Å². The second-order valence-corrected chi connectivity index (χ2v) is 4.94. The number of aromatic nitrogens is 2. The zero-order chi connectivity index (χ0) is 13.9. The van der Waals surface area contributed by atoms with Crippen LogP contribution in [0, 0.1) is 23.0 Å². The number of nitrogens with zero attached hydrogens (tertiary/aromatic N) is 3. The fraction of sp³-hybridized carbons (Fsp3) is 0.750. The van der Waals surface area contributed by atoms with Crippen LogP contribution >= 0.6 is 0 Å². The number of nitrogens with one attached hydrogen (secondary N) is 1. The Morgan fingerprint density at radius 2 is 2.11 bits per heavy atom. The zero-order valence-electron chi connectivity index (χ0n) is 11.7. The number of imidazole rings is 1. The molecule has 2 atom stereocenters. The fourth-order valence-electron chi connectivity index (χ4n) is 1.94. The Morgan fingerprint density at radius 3 is 2.61 bits per heavy atom. The fourth-order valence-corrected chi connectivity index (χ4v) is 1.94. The van der Waals surface area contributed by atoms with Crippen molar-refractivity contribution in [1.29, 1.82) is 0 Å². The predicted molar refractivity (Wildman–Crippen MR) is 71.8 cm³/mol. The molecule has 0 saturated heterocycles. The molecule has 1 heterocycles. The highest BCUT2D eigenvalue weighted by molar-refractivity contribution is 5.53. The van der Waals surface area contributed by atoms with Crippen LogP contribution in [-0.2, 0) is 7.05 Å². The summed E-state index contributed by atoms with van der Waals surface area (Å²) in [7, 11) is 1.79. The highest BCUT2D eigenvalue weighted by atomic mass is 16.6. The third kappa shape index (κ3) is 3.21. The first-order valence-electron chi connectivity index (χ1n) is 6.31. The average Bonchev–Trinajstić information content (AvgIpc) is 2.57. The van der Waals surface area contributed by atoms with Gasteiger partial charge < -0.3 is 15.4 Å². The van der Waals surface area contributed by atoms with Crippen molar-refractivity contribution in [2.24, 2.45) is 13.0 Å². The summed E-state index contributed by atoms with van der Waals surface area (Å²) in [6, 6.07) is 0.188. The molecule has 1 aromatic heterocycles. The summed E-state index contributed by atoms with van der Waals surface area (Å²) in [6.45, 7) is 8.13. The van der Waals surface area contributed by atoms with Crippen molar-refractivity contribution in [3.8, 4) is 0 Å². The van der Waals surface area contributed by atoms with Gasteiger partial charge in [0.15, 0.2) is 0 Å². The van der Waals surface area contributed by atoms with Gasteiger partial charge in [0, 0.05) is 20.0 Å². The standard InChI is InChI=1S/C12H22N4O2/c1-6-8(2)7-9(3)13-11-12(16(17)18)14-10(4)15(11)5/h8-9,13H,6-7H2,1-5H3. The molecule has 0 saturated carbocycles. The smallest absolute Gasteiger partial charge is 0.362 e. The van der Waals surface area contributed by atoms with Crippen LogP contribution < -0.4 is 5.32 Å². The minimum Gasteiger partial charge on any atom is -0.362 e. The molecule has 0 bridgehead atoms.